The fourth-order valence-corrected chi connectivity index (χ4v) is 7.85. The van der Waals surface area contributed by atoms with Crippen LogP contribution in [0.3, 0.4) is 0 Å². The highest BCUT2D eigenvalue weighted by Gasteiger charge is 2.58. The largest absolute Gasteiger partial charge is 0.375 e. The second-order valence-electron chi connectivity index (χ2n) is 11.0. The zero-order valence-electron chi connectivity index (χ0n) is 18.8. The van der Waals surface area contributed by atoms with Gasteiger partial charge >= 0.3 is 0 Å². The molecule has 4 fully saturated rings. The number of benzene rings is 2. The minimum Gasteiger partial charge on any atom is -0.375 e. The molecule has 0 radical (unpaired) electrons. The number of Topliss-reactive ketones (excluding diaryl/α,β-unsaturated/α-hetero) is 1. The first-order chi connectivity index (χ1) is 15.9. The van der Waals surface area contributed by atoms with Crippen molar-refractivity contribution in [2.45, 2.75) is 57.0 Å². The molecule has 0 aromatic heterocycles. The number of fused-ring (bicyclic) bond motifs is 1. The number of aliphatic hydroxyl groups is 1. The lowest BCUT2D eigenvalue weighted by Gasteiger charge is -2.56. The van der Waals surface area contributed by atoms with Gasteiger partial charge in [-0.05, 0) is 86.5 Å². The molecular weight excluding hydrogens is 434 g/mol. The molecule has 7 rings (SSSR count). The van der Waals surface area contributed by atoms with E-state index in [4.69, 9.17) is 11.6 Å². The summed E-state index contributed by atoms with van der Waals surface area (Å²) in [5.74, 6) is 1.59. The highest BCUT2D eigenvalue weighted by molar-refractivity contribution is 6.31. The summed E-state index contributed by atoms with van der Waals surface area (Å²) >= 11 is 6.29. The molecule has 0 spiro atoms. The Hall–Kier alpha value is -2.17. The first-order valence-corrected chi connectivity index (χ1v) is 12.7. The molecule has 1 unspecified atom stereocenters. The molecular formula is C28H30ClNO3. The van der Waals surface area contributed by atoms with Crippen LogP contribution >= 0.6 is 11.6 Å². The van der Waals surface area contributed by atoms with Crippen LogP contribution in [0.1, 0.15) is 56.1 Å². The first kappa shape index (κ1) is 21.4. The average Bonchev–Trinajstić information content (AvgIpc) is 2.98. The van der Waals surface area contributed by atoms with Gasteiger partial charge in [0.25, 0.3) is 5.91 Å². The third-order valence-electron chi connectivity index (χ3n) is 8.81. The average molecular weight is 464 g/mol. The molecule has 1 aliphatic heterocycles. The fourth-order valence-electron chi connectivity index (χ4n) is 7.67. The normalized spacial score (nSPS) is 34.1. The summed E-state index contributed by atoms with van der Waals surface area (Å²) in [6.07, 6.45) is 7.08. The van der Waals surface area contributed by atoms with Crippen LogP contribution in [-0.2, 0) is 21.6 Å². The zero-order valence-corrected chi connectivity index (χ0v) is 19.6. The maximum atomic E-state index is 13.8. The van der Waals surface area contributed by atoms with Gasteiger partial charge in [-0.25, -0.2) is 0 Å². The van der Waals surface area contributed by atoms with Gasteiger partial charge in [0.1, 0.15) is 5.78 Å². The van der Waals surface area contributed by atoms with Gasteiger partial charge in [0.2, 0.25) is 0 Å². The van der Waals surface area contributed by atoms with Gasteiger partial charge in [-0.3, -0.25) is 9.59 Å². The van der Waals surface area contributed by atoms with Gasteiger partial charge in [0.15, 0.2) is 5.60 Å². The predicted octanol–water partition coefficient (Wildman–Crippen LogP) is 5.29. The van der Waals surface area contributed by atoms with Gasteiger partial charge in [-0.2, -0.15) is 0 Å². The van der Waals surface area contributed by atoms with Crippen molar-refractivity contribution in [2.75, 3.05) is 11.4 Å². The Labute approximate surface area is 199 Å². The van der Waals surface area contributed by atoms with Gasteiger partial charge in [0, 0.05) is 29.0 Å². The van der Waals surface area contributed by atoms with Crippen LogP contribution in [0.15, 0.2) is 48.5 Å². The molecule has 1 heterocycles. The summed E-state index contributed by atoms with van der Waals surface area (Å²) in [6, 6.07) is 15.2. The van der Waals surface area contributed by atoms with Crippen molar-refractivity contribution in [1.29, 1.82) is 0 Å². The molecule has 5 aliphatic rings. The van der Waals surface area contributed by atoms with Crippen LogP contribution in [0.4, 0.5) is 5.69 Å². The van der Waals surface area contributed by atoms with E-state index in [1.165, 1.54) is 19.3 Å². The second kappa shape index (κ2) is 7.68. The predicted molar refractivity (Wildman–Crippen MR) is 128 cm³/mol. The van der Waals surface area contributed by atoms with Crippen LogP contribution < -0.4 is 4.90 Å². The third kappa shape index (κ3) is 3.45. The van der Waals surface area contributed by atoms with Gasteiger partial charge in [0.05, 0.1) is 5.69 Å². The van der Waals surface area contributed by atoms with E-state index in [1.807, 2.05) is 30.3 Å². The van der Waals surface area contributed by atoms with E-state index in [1.54, 1.807) is 23.1 Å². The van der Waals surface area contributed by atoms with E-state index in [-0.39, 0.29) is 17.6 Å². The standard InChI is InChI=1S/C28H30ClNO3/c29-22-6-7-24-23(13-22)28(33,26(32)30(24)9-8-18-4-2-1-3-5-18)17-25(31)27-14-19-10-20(15-27)12-21(11-19)16-27/h1-7,13,19-21,33H,8-12,14-17H2. The van der Waals surface area contributed by atoms with Crippen molar-refractivity contribution >= 4 is 29.0 Å². The van der Waals surface area contributed by atoms with E-state index in [2.05, 4.69) is 0 Å². The first-order valence-electron chi connectivity index (χ1n) is 12.3. The van der Waals surface area contributed by atoms with E-state index >= 15 is 0 Å². The van der Waals surface area contributed by atoms with Crippen molar-refractivity contribution in [2.24, 2.45) is 23.2 Å². The molecule has 4 nitrogen and oxygen atoms in total. The van der Waals surface area contributed by atoms with Gasteiger partial charge in [-0.15, -0.1) is 0 Å². The number of ketones is 1. The van der Waals surface area contributed by atoms with E-state index < -0.39 is 11.5 Å². The lowest BCUT2D eigenvalue weighted by Crippen LogP contribution is -2.52. The van der Waals surface area contributed by atoms with E-state index in [0.29, 0.717) is 47.0 Å². The SMILES string of the molecule is O=C(CC1(O)C(=O)N(CCc2ccccc2)c2ccc(Cl)cc21)C12CC3CC(CC(C3)C1)C2. The van der Waals surface area contributed by atoms with Crippen LogP contribution in [0.5, 0.6) is 0 Å². The second-order valence-corrected chi connectivity index (χ2v) is 11.4. The molecule has 33 heavy (non-hydrogen) atoms. The number of halogens is 1. The number of carbonyl (C=O) groups excluding carboxylic acids is 2. The molecule has 1 atom stereocenters. The highest BCUT2D eigenvalue weighted by atomic mass is 35.5. The van der Waals surface area contributed by atoms with Gasteiger partial charge in [-0.1, -0.05) is 41.9 Å². The van der Waals surface area contributed by atoms with Crippen LogP contribution in [-0.4, -0.2) is 23.3 Å². The van der Waals surface area contributed by atoms with Crippen LogP contribution in [0, 0.1) is 23.2 Å². The summed E-state index contributed by atoms with van der Waals surface area (Å²) in [4.78, 5) is 29.1. The number of hydrogen-bond donors (Lipinski definition) is 1. The number of carbonyl (C=O) groups is 2. The van der Waals surface area contributed by atoms with Gasteiger partial charge < -0.3 is 10.0 Å². The molecule has 4 bridgehead atoms. The topological polar surface area (TPSA) is 57.6 Å². The number of rotatable bonds is 6. The fraction of sp³-hybridized carbons (Fsp3) is 0.500. The van der Waals surface area contributed by atoms with E-state index in [0.717, 1.165) is 24.8 Å². The molecule has 0 saturated heterocycles. The molecule has 1 N–H and O–H groups in total. The number of anilines is 1. The quantitative estimate of drug-likeness (QED) is 0.633. The monoisotopic (exact) mass is 463 g/mol. The number of amides is 1. The Morgan fingerprint density at radius 2 is 1.64 bits per heavy atom. The van der Waals surface area contributed by atoms with Crippen LogP contribution in [0.25, 0.3) is 0 Å². The Kier molecular flexibility index (Phi) is 4.97. The molecule has 2 aromatic carbocycles. The third-order valence-corrected chi connectivity index (χ3v) is 9.04. The highest BCUT2D eigenvalue weighted by Crippen LogP contribution is 2.61. The lowest BCUT2D eigenvalue weighted by atomic mass is 9.48. The minimum atomic E-state index is -1.84. The number of hydrogen-bond acceptors (Lipinski definition) is 3. The molecule has 2 aromatic rings. The Morgan fingerprint density at radius 1 is 1.00 bits per heavy atom. The molecule has 4 saturated carbocycles. The lowest BCUT2D eigenvalue weighted by molar-refractivity contribution is -0.154. The Morgan fingerprint density at radius 3 is 2.27 bits per heavy atom. The van der Waals surface area contributed by atoms with Crippen molar-refractivity contribution in [1.82, 2.24) is 0 Å². The van der Waals surface area contributed by atoms with Crippen molar-refractivity contribution in [3.63, 3.8) is 0 Å². The van der Waals surface area contributed by atoms with Crippen molar-refractivity contribution < 1.29 is 14.7 Å². The summed E-state index contributed by atoms with van der Waals surface area (Å²) in [7, 11) is 0. The molecule has 5 heteroatoms. The summed E-state index contributed by atoms with van der Waals surface area (Å²) < 4.78 is 0. The molecule has 172 valence electrons. The van der Waals surface area contributed by atoms with Crippen molar-refractivity contribution in [3.8, 4) is 0 Å². The Bertz CT molecular complexity index is 1080. The summed E-state index contributed by atoms with van der Waals surface area (Å²) in [5, 5.41) is 12.3. The van der Waals surface area contributed by atoms with E-state index in [9.17, 15) is 14.7 Å². The van der Waals surface area contributed by atoms with Crippen LogP contribution in [0.2, 0.25) is 5.02 Å². The zero-order chi connectivity index (χ0) is 22.8. The number of nitrogens with zero attached hydrogens (tertiary/aromatic N) is 1. The maximum absolute atomic E-state index is 13.8. The summed E-state index contributed by atoms with van der Waals surface area (Å²) in [5.41, 5.74) is 0.0892. The smallest absolute Gasteiger partial charge is 0.264 e. The van der Waals surface area contributed by atoms with Crippen molar-refractivity contribution in [3.05, 3.63) is 64.7 Å². The minimum absolute atomic E-state index is 0.0771. The maximum Gasteiger partial charge on any atom is 0.264 e. The Balaban J connectivity index is 1.29. The molecule has 4 aliphatic carbocycles. The molecule has 1 amide bonds. The summed E-state index contributed by atoms with van der Waals surface area (Å²) in [6.45, 7) is 0.450.